The van der Waals surface area contributed by atoms with Crippen LogP contribution in [0.4, 0.5) is 5.82 Å². The number of hydrogen-bond acceptors (Lipinski definition) is 3. The third-order valence-corrected chi connectivity index (χ3v) is 1.74. The highest BCUT2D eigenvalue weighted by atomic mass is 32.1. The lowest BCUT2D eigenvalue weighted by molar-refractivity contribution is 0.789. The Morgan fingerprint density at radius 2 is 2.18 bits per heavy atom. The predicted molar refractivity (Wildman–Crippen MR) is 50.7 cm³/mol. The van der Waals surface area contributed by atoms with Crippen LogP contribution >= 0.6 is 12.6 Å². The molecule has 0 atom stereocenters. The van der Waals surface area contributed by atoms with Gasteiger partial charge in [-0.1, -0.05) is 6.07 Å². The molecule has 0 amide bonds. The molecule has 0 radical (unpaired) electrons. The smallest absolute Gasteiger partial charge is 0.127 e. The summed E-state index contributed by atoms with van der Waals surface area (Å²) >= 11 is 4.39. The van der Waals surface area contributed by atoms with E-state index in [9.17, 15) is 0 Å². The molecule has 1 aromatic rings. The van der Waals surface area contributed by atoms with Gasteiger partial charge in [-0.2, -0.15) is 12.6 Å². The highest BCUT2D eigenvalue weighted by Gasteiger charge is 2.17. The average Bonchev–Trinajstić information content (AvgIpc) is 1.86. The quantitative estimate of drug-likeness (QED) is 0.628. The predicted octanol–water partition coefficient (Wildman–Crippen LogP) is 1.83. The van der Waals surface area contributed by atoms with Gasteiger partial charge in [0.2, 0.25) is 0 Å². The Kier molecular flexibility index (Phi) is 2.09. The van der Waals surface area contributed by atoms with Crippen molar-refractivity contribution in [2.45, 2.75) is 18.6 Å². The summed E-state index contributed by atoms with van der Waals surface area (Å²) in [7, 11) is 0. The van der Waals surface area contributed by atoms with E-state index in [1.165, 1.54) is 0 Å². The van der Waals surface area contributed by atoms with E-state index >= 15 is 0 Å². The minimum Gasteiger partial charge on any atom is -0.383 e. The van der Waals surface area contributed by atoms with Gasteiger partial charge >= 0.3 is 0 Å². The van der Waals surface area contributed by atoms with Crippen molar-refractivity contribution >= 4 is 18.4 Å². The van der Waals surface area contributed by atoms with Crippen LogP contribution in [0.2, 0.25) is 0 Å². The molecule has 0 aromatic carbocycles. The Morgan fingerprint density at radius 1 is 1.55 bits per heavy atom. The summed E-state index contributed by atoms with van der Waals surface area (Å²) in [6.07, 6.45) is 1.68. The van der Waals surface area contributed by atoms with E-state index in [2.05, 4.69) is 17.6 Å². The first-order valence-electron chi connectivity index (χ1n) is 3.45. The van der Waals surface area contributed by atoms with Crippen LogP contribution in [-0.4, -0.2) is 4.98 Å². The zero-order valence-electron chi connectivity index (χ0n) is 6.70. The summed E-state index contributed by atoms with van der Waals surface area (Å²) in [5.41, 5.74) is 6.62. The maximum atomic E-state index is 5.65. The number of nitrogen functional groups attached to an aromatic ring is 1. The molecular formula is C8H12N2S. The lowest BCUT2D eigenvalue weighted by Crippen LogP contribution is -2.11. The zero-order valence-corrected chi connectivity index (χ0v) is 7.60. The van der Waals surface area contributed by atoms with E-state index < -0.39 is 0 Å². The van der Waals surface area contributed by atoms with Crippen LogP contribution in [0.25, 0.3) is 0 Å². The SMILES string of the molecule is CC(C)(S)c1cccnc1N. The van der Waals surface area contributed by atoms with E-state index in [0.29, 0.717) is 5.82 Å². The van der Waals surface area contributed by atoms with Gasteiger partial charge in [0, 0.05) is 16.5 Å². The summed E-state index contributed by atoms with van der Waals surface area (Å²) < 4.78 is -0.210. The first-order valence-corrected chi connectivity index (χ1v) is 3.90. The third kappa shape index (κ3) is 1.87. The standard InChI is InChI=1S/C8H12N2S/c1-8(2,11)6-4-3-5-10-7(6)9/h3-5,11H,1-2H3,(H2,9,10). The molecule has 1 aromatic heterocycles. The van der Waals surface area contributed by atoms with E-state index in [0.717, 1.165) is 5.56 Å². The molecule has 1 heterocycles. The molecule has 0 spiro atoms. The second-order valence-electron chi connectivity index (χ2n) is 3.00. The second kappa shape index (κ2) is 2.74. The Morgan fingerprint density at radius 3 is 2.55 bits per heavy atom. The van der Waals surface area contributed by atoms with E-state index in [-0.39, 0.29) is 4.75 Å². The summed E-state index contributed by atoms with van der Waals surface area (Å²) in [6.45, 7) is 3.98. The summed E-state index contributed by atoms with van der Waals surface area (Å²) in [5, 5.41) is 0. The topological polar surface area (TPSA) is 38.9 Å². The molecule has 0 saturated heterocycles. The molecular weight excluding hydrogens is 156 g/mol. The average molecular weight is 168 g/mol. The van der Waals surface area contributed by atoms with Crippen molar-refractivity contribution in [1.29, 1.82) is 0 Å². The van der Waals surface area contributed by atoms with Crippen LogP contribution in [0.1, 0.15) is 19.4 Å². The number of nitrogens with zero attached hydrogens (tertiary/aromatic N) is 1. The molecule has 0 aliphatic rings. The van der Waals surface area contributed by atoms with Gasteiger partial charge in [0.25, 0.3) is 0 Å². The molecule has 0 fully saturated rings. The van der Waals surface area contributed by atoms with Gasteiger partial charge < -0.3 is 5.73 Å². The van der Waals surface area contributed by atoms with Crippen molar-refractivity contribution in [3.05, 3.63) is 23.9 Å². The van der Waals surface area contributed by atoms with Crippen molar-refractivity contribution in [2.75, 3.05) is 5.73 Å². The van der Waals surface area contributed by atoms with Gasteiger partial charge in [-0.3, -0.25) is 0 Å². The van der Waals surface area contributed by atoms with Crippen molar-refractivity contribution in [3.63, 3.8) is 0 Å². The molecule has 2 nitrogen and oxygen atoms in total. The highest BCUT2D eigenvalue weighted by molar-refractivity contribution is 7.81. The fraction of sp³-hybridized carbons (Fsp3) is 0.375. The minimum atomic E-state index is -0.210. The molecule has 0 unspecified atom stereocenters. The molecule has 0 saturated carbocycles. The zero-order chi connectivity index (χ0) is 8.48. The first-order chi connectivity index (χ1) is 5.02. The van der Waals surface area contributed by atoms with Crippen molar-refractivity contribution in [3.8, 4) is 0 Å². The maximum Gasteiger partial charge on any atom is 0.127 e. The molecule has 60 valence electrons. The normalized spacial score (nSPS) is 11.5. The van der Waals surface area contributed by atoms with Crippen molar-refractivity contribution in [1.82, 2.24) is 4.98 Å². The number of pyridine rings is 1. The number of aromatic nitrogens is 1. The highest BCUT2D eigenvalue weighted by Crippen LogP contribution is 2.29. The van der Waals surface area contributed by atoms with Crippen LogP contribution in [0.5, 0.6) is 0 Å². The van der Waals surface area contributed by atoms with Crippen molar-refractivity contribution < 1.29 is 0 Å². The number of nitrogens with two attached hydrogens (primary N) is 1. The molecule has 0 bridgehead atoms. The lowest BCUT2D eigenvalue weighted by atomic mass is 10.0. The first kappa shape index (κ1) is 8.40. The minimum absolute atomic E-state index is 0.210. The Bertz CT molecular complexity index is 253. The Labute approximate surface area is 72.2 Å². The molecule has 1 rings (SSSR count). The second-order valence-corrected chi connectivity index (χ2v) is 4.11. The number of rotatable bonds is 1. The fourth-order valence-corrected chi connectivity index (χ4v) is 1.12. The largest absolute Gasteiger partial charge is 0.383 e. The molecule has 0 aliphatic carbocycles. The Hall–Kier alpha value is -0.700. The fourth-order valence-electron chi connectivity index (χ4n) is 0.935. The van der Waals surface area contributed by atoms with Gasteiger partial charge in [-0.05, 0) is 19.9 Å². The van der Waals surface area contributed by atoms with Gasteiger partial charge in [-0.15, -0.1) is 0 Å². The molecule has 2 N–H and O–H groups in total. The van der Waals surface area contributed by atoms with E-state index in [1.54, 1.807) is 6.20 Å². The third-order valence-electron chi connectivity index (χ3n) is 1.50. The van der Waals surface area contributed by atoms with Crippen molar-refractivity contribution in [2.24, 2.45) is 0 Å². The van der Waals surface area contributed by atoms with Crippen LogP contribution < -0.4 is 5.73 Å². The lowest BCUT2D eigenvalue weighted by Gasteiger charge is -2.18. The van der Waals surface area contributed by atoms with Crippen LogP contribution in [0, 0.1) is 0 Å². The summed E-state index contributed by atoms with van der Waals surface area (Å²) in [5.74, 6) is 0.563. The summed E-state index contributed by atoms with van der Waals surface area (Å²) in [4.78, 5) is 3.97. The number of hydrogen-bond donors (Lipinski definition) is 2. The van der Waals surface area contributed by atoms with Crippen LogP contribution in [0.15, 0.2) is 18.3 Å². The van der Waals surface area contributed by atoms with Gasteiger partial charge in [-0.25, -0.2) is 4.98 Å². The van der Waals surface area contributed by atoms with E-state index in [4.69, 9.17) is 5.73 Å². The van der Waals surface area contributed by atoms with Gasteiger partial charge in [0.15, 0.2) is 0 Å². The monoisotopic (exact) mass is 168 g/mol. The molecule has 3 heteroatoms. The summed E-state index contributed by atoms with van der Waals surface area (Å²) in [6, 6.07) is 3.80. The maximum absolute atomic E-state index is 5.65. The Balaban J connectivity index is 3.14. The number of thiol groups is 1. The molecule has 11 heavy (non-hydrogen) atoms. The van der Waals surface area contributed by atoms with E-state index in [1.807, 2.05) is 26.0 Å². The van der Waals surface area contributed by atoms with Crippen LogP contribution in [0.3, 0.4) is 0 Å². The van der Waals surface area contributed by atoms with Gasteiger partial charge in [0.1, 0.15) is 5.82 Å². The molecule has 0 aliphatic heterocycles. The van der Waals surface area contributed by atoms with Gasteiger partial charge in [0.05, 0.1) is 0 Å². The number of anilines is 1. The van der Waals surface area contributed by atoms with Crippen LogP contribution in [-0.2, 0) is 4.75 Å².